The number of carbonyl (C=O) groups is 2. The first-order valence-corrected chi connectivity index (χ1v) is 10.9. The van der Waals surface area contributed by atoms with Gasteiger partial charge < -0.3 is 29.7 Å². The Kier molecular flexibility index (Phi) is 7.73. The topological polar surface area (TPSA) is 89.1 Å². The lowest BCUT2D eigenvalue weighted by molar-refractivity contribution is -0.139. The highest BCUT2D eigenvalue weighted by Crippen LogP contribution is 2.34. The molecule has 1 atom stereocenters. The molecular formula is C22H29N3O5S. The predicted molar refractivity (Wildman–Crippen MR) is 120 cm³/mol. The number of hydrogen-bond acceptors (Lipinski definition) is 6. The molecule has 31 heavy (non-hydrogen) atoms. The first-order chi connectivity index (χ1) is 14.9. The fraction of sp³-hybridized carbons (Fsp3) is 0.500. The number of likely N-dealkylation sites (tertiary alicyclic amines) is 1. The second kappa shape index (κ2) is 10.5. The number of allylic oxidation sites excluding steroid dienone is 1. The van der Waals surface area contributed by atoms with Crippen LogP contribution in [0.4, 0.5) is 0 Å². The van der Waals surface area contributed by atoms with Crippen molar-refractivity contribution in [3.05, 3.63) is 35.0 Å². The molecule has 2 aliphatic heterocycles. The van der Waals surface area contributed by atoms with E-state index in [2.05, 4.69) is 10.6 Å². The number of rotatable bonds is 7. The SMILES string of the molecule is CCOC(=O)C1=C(C)NC(=S)NC1c1ccc(OCC(=O)N2CCCCC2)c(OC)c1. The third-order valence-corrected chi connectivity index (χ3v) is 5.57. The zero-order chi connectivity index (χ0) is 22.4. The number of piperidine rings is 1. The fourth-order valence-electron chi connectivity index (χ4n) is 3.78. The van der Waals surface area contributed by atoms with Gasteiger partial charge in [0.05, 0.1) is 25.3 Å². The van der Waals surface area contributed by atoms with E-state index < -0.39 is 12.0 Å². The molecule has 2 aliphatic rings. The lowest BCUT2D eigenvalue weighted by Crippen LogP contribution is -2.45. The minimum absolute atomic E-state index is 0.0284. The highest BCUT2D eigenvalue weighted by molar-refractivity contribution is 7.80. The summed E-state index contributed by atoms with van der Waals surface area (Å²) in [7, 11) is 1.53. The summed E-state index contributed by atoms with van der Waals surface area (Å²) in [5.41, 5.74) is 1.85. The van der Waals surface area contributed by atoms with Gasteiger partial charge in [-0.1, -0.05) is 6.07 Å². The predicted octanol–water partition coefficient (Wildman–Crippen LogP) is 2.44. The van der Waals surface area contributed by atoms with Gasteiger partial charge in [-0.15, -0.1) is 0 Å². The molecule has 8 nitrogen and oxygen atoms in total. The molecule has 3 rings (SSSR count). The minimum Gasteiger partial charge on any atom is -0.493 e. The van der Waals surface area contributed by atoms with E-state index in [9.17, 15) is 9.59 Å². The van der Waals surface area contributed by atoms with Gasteiger partial charge >= 0.3 is 5.97 Å². The normalized spacial score (nSPS) is 18.7. The summed E-state index contributed by atoms with van der Waals surface area (Å²) in [5.74, 6) is 0.487. The zero-order valence-corrected chi connectivity index (χ0v) is 19.0. The monoisotopic (exact) mass is 447 g/mol. The molecule has 2 heterocycles. The third-order valence-electron chi connectivity index (χ3n) is 5.35. The molecule has 0 aromatic heterocycles. The molecule has 1 amide bonds. The van der Waals surface area contributed by atoms with Crippen LogP contribution >= 0.6 is 12.2 Å². The number of carbonyl (C=O) groups excluding carboxylic acids is 2. The minimum atomic E-state index is -0.495. The lowest BCUT2D eigenvalue weighted by atomic mass is 9.95. The van der Waals surface area contributed by atoms with E-state index in [4.69, 9.17) is 26.4 Å². The Labute approximate surface area is 187 Å². The van der Waals surface area contributed by atoms with Crippen molar-refractivity contribution in [2.45, 2.75) is 39.2 Å². The van der Waals surface area contributed by atoms with Crippen LogP contribution in [-0.4, -0.2) is 55.3 Å². The van der Waals surface area contributed by atoms with E-state index in [0.29, 0.717) is 27.9 Å². The van der Waals surface area contributed by atoms with Crippen molar-refractivity contribution in [2.75, 3.05) is 33.4 Å². The van der Waals surface area contributed by atoms with Gasteiger partial charge in [-0.3, -0.25) is 4.79 Å². The van der Waals surface area contributed by atoms with Crippen molar-refractivity contribution in [3.8, 4) is 11.5 Å². The van der Waals surface area contributed by atoms with Gasteiger partial charge in [-0.2, -0.15) is 0 Å². The smallest absolute Gasteiger partial charge is 0.338 e. The second-order valence-corrected chi connectivity index (χ2v) is 7.84. The second-order valence-electron chi connectivity index (χ2n) is 7.43. The van der Waals surface area contributed by atoms with Crippen LogP contribution in [-0.2, 0) is 14.3 Å². The van der Waals surface area contributed by atoms with Gasteiger partial charge in [0.15, 0.2) is 23.2 Å². The zero-order valence-electron chi connectivity index (χ0n) is 18.2. The van der Waals surface area contributed by atoms with Crippen molar-refractivity contribution in [3.63, 3.8) is 0 Å². The van der Waals surface area contributed by atoms with E-state index in [0.717, 1.165) is 37.9 Å². The molecule has 1 saturated heterocycles. The van der Waals surface area contributed by atoms with Crippen LogP contribution in [0.25, 0.3) is 0 Å². The number of hydrogen-bond donors (Lipinski definition) is 2. The largest absolute Gasteiger partial charge is 0.493 e. The number of nitrogens with one attached hydrogen (secondary N) is 2. The van der Waals surface area contributed by atoms with Crippen molar-refractivity contribution >= 4 is 29.2 Å². The molecule has 2 N–H and O–H groups in total. The number of methoxy groups -OCH3 is 1. The molecule has 9 heteroatoms. The molecule has 1 aromatic carbocycles. The van der Waals surface area contributed by atoms with Crippen LogP contribution in [0.15, 0.2) is 29.5 Å². The van der Waals surface area contributed by atoms with Gasteiger partial charge in [-0.25, -0.2) is 4.79 Å². The Hall–Kier alpha value is -2.81. The molecule has 1 aromatic rings. The molecule has 0 radical (unpaired) electrons. The average Bonchev–Trinajstić information content (AvgIpc) is 2.77. The van der Waals surface area contributed by atoms with Crippen molar-refractivity contribution < 1.29 is 23.8 Å². The Bertz CT molecular complexity index is 880. The quantitative estimate of drug-likeness (QED) is 0.487. The van der Waals surface area contributed by atoms with E-state index in [1.54, 1.807) is 26.0 Å². The average molecular weight is 448 g/mol. The first-order valence-electron chi connectivity index (χ1n) is 10.5. The number of benzene rings is 1. The molecule has 1 unspecified atom stereocenters. The summed E-state index contributed by atoms with van der Waals surface area (Å²) in [6, 6.07) is 4.84. The van der Waals surface area contributed by atoms with Crippen LogP contribution in [0.1, 0.15) is 44.7 Å². The standard InChI is InChI=1S/C22H29N3O5S/c1-4-29-21(27)19-14(2)23-22(31)24-20(19)15-8-9-16(17(12-15)28-3)30-13-18(26)25-10-6-5-7-11-25/h8-9,12,20H,4-7,10-11,13H2,1-3H3,(H2,23,24,31). The summed E-state index contributed by atoms with van der Waals surface area (Å²) in [5, 5.41) is 6.51. The Morgan fingerprint density at radius 3 is 2.61 bits per heavy atom. The molecule has 0 saturated carbocycles. The van der Waals surface area contributed by atoms with E-state index >= 15 is 0 Å². The summed E-state index contributed by atoms with van der Waals surface area (Å²) in [6.07, 6.45) is 3.23. The number of amides is 1. The van der Waals surface area contributed by atoms with Crippen LogP contribution in [0.2, 0.25) is 0 Å². The van der Waals surface area contributed by atoms with E-state index in [-0.39, 0.29) is 19.1 Å². The Morgan fingerprint density at radius 2 is 1.94 bits per heavy atom. The van der Waals surface area contributed by atoms with Gasteiger partial charge in [0, 0.05) is 18.8 Å². The maximum absolute atomic E-state index is 12.5. The molecule has 168 valence electrons. The van der Waals surface area contributed by atoms with Crippen LogP contribution in [0, 0.1) is 0 Å². The number of thiocarbonyl (C=S) groups is 1. The maximum Gasteiger partial charge on any atom is 0.338 e. The van der Waals surface area contributed by atoms with Gasteiger partial charge in [-0.05, 0) is 63.0 Å². The first kappa shape index (κ1) is 22.9. The highest BCUT2D eigenvalue weighted by Gasteiger charge is 2.31. The molecule has 0 spiro atoms. The van der Waals surface area contributed by atoms with Crippen molar-refractivity contribution in [1.82, 2.24) is 15.5 Å². The van der Waals surface area contributed by atoms with Crippen molar-refractivity contribution in [1.29, 1.82) is 0 Å². The van der Waals surface area contributed by atoms with Gasteiger partial charge in [0.2, 0.25) is 0 Å². The summed E-state index contributed by atoms with van der Waals surface area (Å²) in [4.78, 5) is 26.8. The van der Waals surface area contributed by atoms with Crippen LogP contribution < -0.4 is 20.1 Å². The van der Waals surface area contributed by atoms with Crippen LogP contribution in [0.3, 0.4) is 0 Å². The molecular weight excluding hydrogens is 418 g/mol. The lowest BCUT2D eigenvalue weighted by Gasteiger charge is -2.30. The number of esters is 1. The highest BCUT2D eigenvalue weighted by atomic mass is 32.1. The van der Waals surface area contributed by atoms with Crippen molar-refractivity contribution in [2.24, 2.45) is 0 Å². The fourth-order valence-corrected chi connectivity index (χ4v) is 4.05. The van der Waals surface area contributed by atoms with Gasteiger partial charge in [0.25, 0.3) is 5.91 Å². The molecule has 1 fully saturated rings. The Balaban J connectivity index is 1.79. The molecule has 0 aliphatic carbocycles. The Morgan fingerprint density at radius 1 is 1.19 bits per heavy atom. The maximum atomic E-state index is 12.5. The van der Waals surface area contributed by atoms with E-state index in [1.807, 2.05) is 11.0 Å². The summed E-state index contributed by atoms with van der Waals surface area (Å²) < 4.78 is 16.5. The number of nitrogens with zero attached hydrogens (tertiary/aromatic N) is 1. The molecule has 0 bridgehead atoms. The number of ether oxygens (including phenoxy) is 3. The van der Waals surface area contributed by atoms with Crippen LogP contribution in [0.5, 0.6) is 11.5 Å². The third kappa shape index (κ3) is 5.46. The van der Waals surface area contributed by atoms with E-state index in [1.165, 1.54) is 7.11 Å². The van der Waals surface area contributed by atoms with Gasteiger partial charge in [0.1, 0.15) is 0 Å². The summed E-state index contributed by atoms with van der Waals surface area (Å²) >= 11 is 5.28. The summed E-state index contributed by atoms with van der Waals surface area (Å²) in [6.45, 7) is 5.33.